The van der Waals surface area contributed by atoms with Gasteiger partial charge in [-0.2, -0.15) is 0 Å². The first-order valence-electron chi connectivity index (χ1n) is 8.86. The molecular weight excluding hydrogens is 312 g/mol. The van der Waals surface area contributed by atoms with Crippen molar-refractivity contribution in [2.24, 2.45) is 7.05 Å². The maximum Gasteiger partial charge on any atom is 0.256 e. The highest BCUT2D eigenvalue weighted by molar-refractivity contribution is 5.72. The Hall–Kier alpha value is -2.33. The van der Waals surface area contributed by atoms with Crippen LogP contribution in [0.5, 0.6) is 5.75 Å². The molecule has 4 heteroatoms. The summed E-state index contributed by atoms with van der Waals surface area (Å²) in [5.74, 6) is 2.08. The summed E-state index contributed by atoms with van der Waals surface area (Å²) in [4.78, 5) is 0. The Kier molecular flexibility index (Phi) is 5.09. The fourth-order valence-corrected chi connectivity index (χ4v) is 3.54. The minimum Gasteiger partial charge on any atom is -0.490 e. The van der Waals surface area contributed by atoms with Gasteiger partial charge in [-0.3, -0.25) is 0 Å². The number of aliphatic hydroxyl groups excluding tert-OH is 1. The molecule has 3 rings (SSSR count). The van der Waals surface area contributed by atoms with Crippen molar-refractivity contribution in [3.8, 4) is 5.75 Å². The van der Waals surface area contributed by atoms with Gasteiger partial charge in [-0.1, -0.05) is 37.3 Å². The number of imidazole rings is 1. The van der Waals surface area contributed by atoms with Gasteiger partial charge < -0.3 is 9.84 Å². The number of nitrogens with zero attached hydrogens (tertiary/aromatic N) is 2. The van der Waals surface area contributed by atoms with Crippen LogP contribution in [0.15, 0.2) is 42.5 Å². The second-order valence-corrected chi connectivity index (χ2v) is 6.61. The fourth-order valence-electron chi connectivity index (χ4n) is 3.54. The first-order chi connectivity index (χ1) is 12.0. The highest BCUT2D eigenvalue weighted by Crippen LogP contribution is 2.22. The van der Waals surface area contributed by atoms with E-state index in [2.05, 4.69) is 35.2 Å². The molecule has 0 radical (unpaired) electrons. The molecule has 0 fully saturated rings. The third-order valence-corrected chi connectivity index (χ3v) is 4.77. The van der Waals surface area contributed by atoms with Crippen LogP contribution in [0, 0.1) is 13.8 Å². The van der Waals surface area contributed by atoms with E-state index >= 15 is 0 Å². The molecule has 1 aromatic heterocycles. The molecule has 0 amide bonds. The van der Waals surface area contributed by atoms with Gasteiger partial charge in [-0.05, 0) is 37.1 Å². The lowest BCUT2D eigenvalue weighted by molar-refractivity contribution is -0.653. The molecule has 1 atom stereocenters. The standard InChI is InChI=1S/C21H27N2O2/c1-5-20-22(4)18-11-6-7-12-19(18)23(20)13-17(24)14-25-21-15(2)9-8-10-16(21)3/h6-12,17,24H,5,13-14H2,1-4H3/q+1/t17-/m0/s1. The quantitative estimate of drug-likeness (QED) is 0.701. The van der Waals surface area contributed by atoms with Gasteiger partial charge in [0.1, 0.15) is 25.0 Å². The van der Waals surface area contributed by atoms with Crippen molar-refractivity contribution >= 4 is 11.0 Å². The predicted octanol–water partition coefficient (Wildman–Crippen LogP) is 3.08. The van der Waals surface area contributed by atoms with E-state index in [-0.39, 0.29) is 6.61 Å². The smallest absolute Gasteiger partial charge is 0.256 e. The Labute approximate surface area is 149 Å². The van der Waals surface area contributed by atoms with Crippen LogP contribution < -0.4 is 9.30 Å². The maximum absolute atomic E-state index is 10.6. The Balaban J connectivity index is 1.79. The van der Waals surface area contributed by atoms with E-state index in [1.165, 1.54) is 11.3 Å². The Morgan fingerprint density at radius 1 is 1.08 bits per heavy atom. The fraction of sp³-hybridized carbons (Fsp3) is 0.381. The van der Waals surface area contributed by atoms with E-state index in [9.17, 15) is 5.11 Å². The van der Waals surface area contributed by atoms with Crippen LogP contribution >= 0.6 is 0 Å². The summed E-state index contributed by atoms with van der Waals surface area (Å²) in [7, 11) is 2.08. The lowest BCUT2D eigenvalue weighted by Gasteiger charge is -2.15. The van der Waals surface area contributed by atoms with Crippen LogP contribution in [-0.2, 0) is 20.0 Å². The number of benzene rings is 2. The summed E-state index contributed by atoms with van der Waals surface area (Å²) < 4.78 is 10.3. The molecule has 0 spiro atoms. The number of aryl methyl sites for hydroxylation is 3. The number of hydrogen-bond acceptors (Lipinski definition) is 2. The summed E-state index contributed by atoms with van der Waals surface area (Å²) in [5.41, 5.74) is 4.52. The van der Waals surface area contributed by atoms with Gasteiger partial charge in [-0.25, -0.2) is 9.13 Å². The minimum atomic E-state index is -0.569. The number of fused-ring (bicyclic) bond motifs is 1. The van der Waals surface area contributed by atoms with Gasteiger partial charge in [-0.15, -0.1) is 0 Å². The number of ether oxygens (including phenoxy) is 1. The Morgan fingerprint density at radius 3 is 2.44 bits per heavy atom. The van der Waals surface area contributed by atoms with Crippen molar-refractivity contribution in [3.63, 3.8) is 0 Å². The lowest BCUT2D eigenvalue weighted by Crippen LogP contribution is -2.34. The van der Waals surface area contributed by atoms with Crippen molar-refractivity contribution in [2.75, 3.05) is 6.61 Å². The zero-order valence-corrected chi connectivity index (χ0v) is 15.5. The summed E-state index contributed by atoms with van der Waals surface area (Å²) in [6.45, 7) is 7.01. The highest BCUT2D eigenvalue weighted by atomic mass is 16.5. The summed E-state index contributed by atoms with van der Waals surface area (Å²) in [6.07, 6.45) is 0.343. The molecule has 1 N–H and O–H groups in total. The molecule has 0 bridgehead atoms. The molecule has 0 aliphatic heterocycles. The van der Waals surface area contributed by atoms with Gasteiger partial charge in [0.05, 0.1) is 7.05 Å². The third kappa shape index (κ3) is 3.40. The van der Waals surface area contributed by atoms with Crippen LogP contribution in [0.3, 0.4) is 0 Å². The number of aliphatic hydroxyl groups is 1. The first kappa shape index (κ1) is 17.5. The molecule has 0 aliphatic carbocycles. The Morgan fingerprint density at radius 2 is 1.76 bits per heavy atom. The van der Waals surface area contributed by atoms with Gasteiger partial charge >= 0.3 is 0 Å². The van der Waals surface area contributed by atoms with E-state index in [1.807, 2.05) is 44.2 Å². The summed E-state index contributed by atoms with van der Waals surface area (Å²) >= 11 is 0. The van der Waals surface area contributed by atoms with E-state index in [1.54, 1.807) is 0 Å². The molecule has 25 heavy (non-hydrogen) atoms. The van der Waals surface area contributed by atoms with E-state index in [0.29, 0.717) is 6.54 Å². The SMILES string of the molecule is CCc1n(C[C@H](O)COc2c(C)cccc2C)c2ccccc2[n+]1C. The molecule has 3 aromatic rings. The minimum absolute atomic E-state index is 0.283. The van der Waals surface area contributed by atoms with Crippen LogP contribution in [-0.4, -0.2) is 22.4 Å². The van der Waals surface area contributed by atoms with Crippen molar-refractivity contribution < 1.29 is 14.4 Å². The molecular formula is C21H27N2O2+. The van der Waals surface area contributed by atoms with Crippen molar-refractivity contribution in [1.82, 2.24) is 4.57 Å². The average molecular weight is 339 g/mol. The van der Waals surface area contributed by atoms with Crippen molar-refractivity contribution in [1.29, 1.82) is 0 Å². The van der Waals surface area contributed by atoms with Gasteiger partial charge in [0.15, 0.2) is 11.0 Å². The van der Waals surface area contributed by atoms with Crippen LogP contribution in [0.25, 0.3) is 11.0 Å². The number of hydrogen-bond donors (Lipinski definition) is 1. The second kappa shape index (κ2) is 7.28. The Bertz CT molecular complexity index is 863. The van der Waals surface area contributed by atoms with Gasteiger partial charge in [0, 0.05) is 6.42 Å². The van der Waals surface area contributed by atoms with E-state index < -0.39 is 6.10 Å². The van der Waals surface area contributed by atoms with E-state index in [0.717, 1.165) is 28.8 Å². The molecule has 1 heterocycles. The molecule has 0 unspecified atom stereocenters. The van der Waals surface area contributed by atoms with E-state index in [4.69, 9.17) is 4.74 Å². The number of aromatic nitrogens is 2. The lowest BCUT2D eigenvalue weighted by atomic mass is 10.1. The number of para-hydroxylation sites is 3. The van der Waals surface area contributed by atoms with Gasteiger partial charge in [0.25, 0.3) is 5.82 Å². The van der Waals surface area contributed by atoms with Crippen molar-refractivity contribution in [3.05, 3.63) is 59.4 Å². The molecule has 132 valence electrons. The molecule has 0 saturated heterocycles. The zero-order chi connectivity index (χ0) is 18.0. The molecule has 2 aromatic carbocycles. The average Bonchev–Trinajstić information content (AvgIpc) is 2.86. The topological polar surface area (TPSA) is 38.3 Å². The van der Waals surface area contributed by atoms with Crippen LogP contribution in [0.4, 0.5) is 0 Å². The van der Waals surface area contributed by atoms with Crippen LogP contribution in [0.2, 0.25) is 0 Å². The second-order valence-electron chi connectivity index (χ2n) is 6.61. The highest BCUT2D eigenvalue weighted by Gasteiger charge is 2.23. The van der Waals surface area contributed by atoms with Gasteiger partial charge in [0.2, 0.25) is 0 Å². The summed E-state index contributed by atoms with van der Waals surface area (Å²) in [5, 5.41) is 10.6. The zero-order valence-electron chi connectivity index (χ0n) is 15.5. The third-order valence-electron chi connectivity index (χ3n) is 4.77. The van der Waals surface area contributed by atoms with Crippen molar-refractivity contribution in [2.45, 2.75) is 39.8 Å². The monoisotopic (exact) mass is 339 g/mol. The number of rotatable bonds is 6. The largest absolute Gasteiger partial charge is 0.490 e. The maximum atomic E-state index is 10.6. The normalized spacial score (nSPS) is 12.5. The first-order valence-corrected chi connectivity index (χ1v) is 8.86. The van der Waals surface area contributed by atoms with Crippen LogP contribution in [0.1, 0.15) is 23.9 Å². The predicted molar refractivity (Wildman–Crippen MR) is 99.9 cm³/mol. The summed E-state index contributed by atoms with van der Waals surface area (Å²) in [6, 6.07) is 14.4. The molecule has 4 nitrogen and oxygen atoms in total. The molecule has 0 aliphatic rings. The molecule has 0 saturated carbocycles.